The predicted octanol–water partition coefficient (Wildman–Crippen LogP) is 2.94. The molecule has 0 aliphatic carbocycles. The zero-order valence-electron chi connectivity index (χ0n) is 12.2. The zero-order valence-corrected chi connectivity index (χ0v) is 13.0. The highest BCUT2D eigenvalue weighted by Crippen LogP contribution is 2.13. The molecule has 110 valence electrons. The first kappa shape index (κ1) is 14.2. The molecular formula is C16H20N4S. The van der Waals surface area contributed by atoms with Crippen LogP contribution < -0.4 is 5.32 Å². The Hall–Kier alpha value is -1.72. The molecule has 0 radical (unpaired) electrons. The van der Waals surface area contributed by atoms with Crippen molar-refractivity contribution < 1.29 is 0 Å². The maximum absolute atomic E-state index is 4.68. The Balaban J connectivity index is 1.70. The van der Waals surface area contributed by atoms with Crippen LogP contribution in [0.1, 0.15) is 24.7 Å². The van der Waals surface area contributed by atoms with Gasteiger partial charge in [0.25, 0.3) is 0 Å². The van der Waals surface area contributed by atoms with Crippen molar-refractivity contribution in [2.45, 2.75) is 32.2 Å². The minimum absolute atomic E-state index is 0.379. The van der Waals surface area contributed by atoms with Crippen molar-refractivity contribution in [2.75, 3.05) is 6.54 Å². The van der Waals surface area contributed by atoms with E-state index in [2.05, 4.69) is 50.4 Å². The molecule has 0 bridgehead atoms. The van der Waals surface area contributed by atoms with Crippen LogP contribution in [0.25, 0.3) is 4.96 Å². The van der Waals surface area contributed by atoms with E-state index >= 15 is 0 Å². The largest absolute Gasteiger partial charge is 0.313 e. The monoisotopic (exact) mass is 300 g/mol. The van der Waals surface area contributed by atoms with Gasteiger partial charge in [0.1, 0.15) is 0 Å². The van der Waals surface area contributed by atoms with E-state index in [1.54, 1.807) is 11.3 Å². The standard InChI is InChI=1S/C16H20N4S/c1-2-6-17-14(10-13-5-3-4-7-18-13)11-15-12-20-8-9-21-16(20)19-15/h3-5,7-9,12,14,17H,2,6,10-11H2,1H3. The molecule has 1 atom stereocenters. The second-order valence-corrected chi connectivity index (χ2v) is 6.08. The topological polar surface area (TPSA) is 42.2 Å². The number of thiazole rings is 1. The third kappa shape index (κ3) is 3.68. The molecule has 0 aliphatic heterocycles. The van der Waals surface area contributed by atoms with Crippen molar-refractivity contribution >= 4 is 16.3 Å². The van der Waals surface area contributed by atoms with Gasteiger partial charge >= 0.3 is 0 Å². The van der Waals surface area contributed by atoms with E-state index in [4.69, 9.17) is 0 Å². The van der Waals surface area contributed by atoms with E-state index < -0.39 is 0 Å². The fourth-order valence-corrected chi connectivity index (χ4v) is 3.18. The number of fused-ring (bicyclic) bond motifs is 1. The molecule has 3 heterocycles. The number of pyridine rings is 1. The van der Waals surface area contributed by atoms with Crippen LogP contribution in [0.3, 0.4) is 0 Å². The Morgan fingerprint density at radius 2 is 2.19 bits per heavy atom. The van der Waals surface area contributed by atoms with E-state index in [1.807, 2.05) is 18.3 Å². The lowest BCUT2D eigenvalue weighted by Crippen LogP contribution is -2.34. The van der Waals surface area contributed by atoms with Gasteiger partial charge in [-0.2, -0.15) is 0 Å². The van der Waals surface area contributed by atoms with E-state index in [1.165, 1.54) is 0 Å². The van der Waals surface area contributed by atoms with Crippen LogP contribution in [-0.4, -0.2) is 27.0 Å². The molecule has 1 N–H and O–H groups in total. The number of hydrogen-bond acceptors (Lipinski definition) is 4. The van der Waals surface area contributed by atoms with E-state index in [0.717, 1.165) is 42.2 Å². The van der Waals surface area contributed by atoms with Crippen molar-refractivity contribution in [1.82, 2.24) is 19.7 Å². The van der Waals surface area contributed by atoms with E-state index in [0.29, 0.717) is 6.04 Å². The van der Waals surface area contributed by atoms with Gasteiger partial charge in [-0.3, -0.25) is 9.38 Å². The molecule has 3 aromatic rings. The molecule has 5 heteroatoms. The lowest BCUT2D eigenvalue weighted by atomic mass is 10.1. The quantitative estimate of drug-likeness (QED) is 0.729. The summed E-state index contributed by atoms with van der Waals surface area (Å²) in [5, 5.41) is 5.68. The Morgan fingerprint density at radius 1 is 1.29 bits per heavy atom. The summed E-state index contributed by atoms with van der Waals surface area (Å²) in [4.78, 5) is 10.2. The molecular weight excluding hydrogens is 280 g/mol. The van der Waals surface area contributed by atoms with Crippen LogP contribution in [-0.2, 0) is 12.8 Å². The molecule has 21 heavy (non-hydrogen) atoms. The van der Waals surface area contributed by atoms with Gasteiger partial charge in [0.2, 0.25) is 0 Å². The first-order chi connectivity index (χ1) is 10.3. The van der Waals surface area contributed by atoms with Crippen LogP contribution in [0.2, 0.25) is 0 Å². The van der Waals surface area contributed by atoms with Crippen LogP contribution in [0.4, 0.5) is 0 Å². The summed E-state index contributed by atoms with van der Waals surface area (Å²) >= 11 is 1.68. The maximum atomic E-state index is 4.68. The van der Waals surface area contributed by atoms with Crippen molar-refractivity contribution in [3.8, 4) is 0 Å². The summed E-state index contributed by atoms with van der Waals surface area (Å²) in [5.41, 5.74) is 2.28. The fourth-order valence-electron chi connectivity index (χ4n) is 2.46. The van der Waals surface area contributed by atoms with Gasteiger partial charge in [0.05, 0.1) is 5.69 Å². The normalized spacial score (nSPS) is 12.8. The first-order valence-electron chi connectivity index (χ1n) is 7.39. The lowest BCUT2D eigenvalue weighted by Gasteiger charge is -2.17. The molecule has 0 fully saturated rings. The van der Waals surface area contributed by atoms with Crippen molar-refractivity contribution in [2.24, 2.45) is 0 Å². The van der Waals surface area contributed by atoms with Crippen molar-refractivity contribution in [3.05, 3.63) is 53.6 Å². The van der Waals surface area contributed by atoms with Crippen LogP contribution in [0, 0.1) is 0 Å². The summed E-state index contributed by atoms with van der Waals surface area (Å²) in [6.07, 6.45) is 9.06. The van der Waals surface area contributed by atoms with E-state index in [-0.39, 0.29) is 0 Å². The average Bonchev–Trinajstić information content (AvgIpc) is 3.07. The number of hydrogen-bond donors (Lipinski definition) is 1. The molecule has 1 unspecified atom stereocenters. The molecule has 0 aromatic carbocycles. The highest BCUT2D eigenvalue weighted by Gasteiger charge is 2.13. The minimum atomic E-state index is 0.379. The van der Waals surface area contributed by atoms with E-state index in [9.17, 15) is 0 Å². The van der Waals surface area contributed by atoms with Gasteiger partial charge in [-0.1, -0.05) is 13.0 Å². The summed E-state index contributed by atoms with van der Waals surface area (Å²) in [6.45, 7) is 3.22. The highest BCUT2D eigenvalue weighted by molar-refractivity contribution is 7.15. The third-order valence-electron chi connectivity index (χ3n) is 3.46. The number of rotatable bonds is 7. The van der Waals surface area contributed by atoms with Crippen LogP contribution in [0.5, 0.6) is 0 Å². The lowest BCUT2D eigenvalue weighted by molar-refractivity contribution is 0.497. The Morgan fingerprint density at radius 3 is 2.95 bits per heavy atom. The third-order valence-corrected chi connectivity index (χ3v) is 4.23. The molecule has 3 aromatic heterocycles. The second-order valence-electron chi connectivity index (χ2n) is 5.21. The maximum Gasteiger partial charge on any atom is 0.193 e. The van der Waals surface area contributed by atoms with Gasteiger partial charge in [-0.05, 0) is 25.1 Å². The fraction of sp³-hybridized carbons (Fsp3) is 0.375. The molecule has 0 saturated carbocycles. The molecule has 0 spiro atoms. The molecule has 0 amide bonds. The second kappa shape index (κ2) is 6.83. The SMILES string of the molecule is CCCNC(Cc1ccccn1)Cc1cn2ccsc2n1. The number of nitrogens with one attached hydrogen (secondary N) is 1. The first-order valence-corrected chi connectivity index (χ1v) is 8.27. The van der Waals surface area contributed by atoms with Gasteiger partial charge in [-0.15, -0.1) is 11.3 Å². The summed E-state index contributed by atoms with van der Waals surface area (Å²) in [7, 11) is 0. The Bertz CT molecular complexity index is 645. The number of imidazole rings is 1. The molecule has 0 aliphatic rings. The van der Waals surface area contributed by atoms with Gasteiger partial charge < -0.3 is 5.32 Å². The zero-order chi connectivity index (χ0) is 14.5. The van der Waals surface area contributed by atoms with Gasteiger partial charge in [0.15, 0.2) is 4.96 Å². The van der Waals surface area contributed by atoms with Crippen LogP contribution >= 0.6 is 11.3 Å². The minimum Gasteiger partial charge on any atom is -0.313 e. The summed E-state index contributed by atoms with van der Waals surface area (Å²) < 4.78 is 2.09. The Labute approximate surface area is 128 Å². The van der Waals surface area contributed by atoms with Crippen molar-refractivity contribution in [1.29, 1.82) is 0 Å². The molecule has 0 saturated heterocycles. The predicted molar refractivity (Wildman–Crippen MR) is 86.8 cm³/mol. The number of nitrogens with zero attached hydrogens (tertiary/aromatic N) is 3. The van der Waals surface area contributed by atoms with Gasteiger partial charge in [0, 0.05) is 48.5 Å². The van der Waals surface area contributed by atoms with Crippen molar-refractivity contribution in [3.63, 3.8) is 0 Å². The summed E-state index contributed by atoms with van der Waals surface area (Å²) in [5.74, 6) is 0. The Kier molecular flexibility index (Phi) is 4.62. The number of aromatic nitrogens is 3. The summed E-state index contributed by atoms with van der Waals surface area (Å²) in [6, 6.07) is 6.48. The average molecular weight is 300 g/mol. The smallest absolute Gasteiger partial charge is 0.193 e. The molecule has 3 rings (SSSR count). The van der Waals surface area contributed by atoms with Gasteiger partial charge in [-0.25, -0.2) is 4.98 Å². The van der Waals surface area contributed by atoms with Crippen LogP contribution in [0.15, 0.2) is 42.2 Å². The molecule has 4 nitrogen and oxygen atoms in total. The highest BCUT2D eigenvalue weighted by atomic mass is 32.1.